The van der Waals surface area contributed by atoms with Gasteiger partial charge in [-0.15, -0.1) is 0 Å². The van der Waals surface area contributed by atoms with E-state index in [1.165, 1.54) is 12.1 Å². The van der Waals surface area contributed by atoms with Gasteiger partial charge < -0.3 is 14.4 Å². The molecule has 7 heteroatoms. The zero-order chi connectivity index (χ0) is 20.8. The Morgan fingerprint density at radius 2 is 1.83 bits per heavy atom. The van der Waals surface area contributed by atoms with Crippen LogP contribution in [-0.4, -0.2) is 55.6 Å². The Morgan fingerprint density at radius 1 is 1.14 bits per heavy atom. The van der Waals surface area contributed by atoms with Gasteiger partial charge in [0.25, 0.3) is 5.91 Å². The van der Waals surface area contributed by atoms with E-state index in [4.69, 9.17) is 9.47 Å². The highest BCUT2D eigenvalue weighted by molar-refractivity contribution is 5.95. The predicted molar refractivity (Wildman–Crippen MR) is 106 cm³/mol. The average Bonchev–Trinajstić information content (AvgIpc) is 2.76. The molecule has 0 N–H and O–H groups in total. The minimum absolute atomic E-state index is 0.0821. The fourth-order valence-electron chi connectivity index (χ4n) is 3.45. The SMILES string of the molecule is CCOc1ccc(C(=O)N2CCN(C(C#N)c3ccc(F)cc3)CC2)cc1OC. The molecule has 0 radical (unpaired) electrons. The molecule has 0 aromatic heterocycles. The minimum Gasteiger partial charge on any atom is -0.493 e. The lowest BCUT2D eigenvalue weighted by Crippen LogP contribution is -2.49. The van der Waals surface area contributed by atoms with Gasteiger partial charge in [-0.25, -0.2) is 4.39 Å². The van der Waals surface area contributed by atoms with Crippen LogP contribution in [0.25, 0.3) is 0 Å². The summed E-state index contributed by atoms with van der Waals surface area (Å²) in [4.78, 5) is 16.7. The number of carbonyl (C=O) groups is 1. The Hall–Kier alpha value is -3.11. The van der Waals surface area contributed by atoms with Gasteiger partial charge in [-0.05, 0) is 42.8 Å². The molecule has 1 atom stereocenters. The van der Waals surface area contributed by atoms with Crippen molar-refractivity contribution in [3.05, 3.63) is 59.4 Å². The summed E-state index contributed by atoms with van der Waals surface area (Å²) < 4.78 is 24.0. The van der Waals surface area contributed by atoms with Gasteiger partial charge in [0.15, 0.2) is 11.5 Å². The summed E-state index contributed by atoms with van der Waals surface area (Å²) in [6, 6.07) is 13.0. The predicted octanol–water partition coefficient (Wildman–Crippen LogP) is 3.26. The molecule has 0 saturated carbocycles. The van der Waals surface area contributed by atoms with Crippen molar-refractivity contribution in [3.8, 4) is 17.6 Å². The third-order valence-corrected chi connectivity index (χ3v) is 4.99. The zero-order valence-corrected chi connectivity index (χ0v) is 16.6. The van der Waals surface area contributed by atoms with E-state index in [9.17, 15) is 14.4 Å². The van der Waals surface area contributed by atoms with Crippen molar-refractivity contribution in [1.82, 2.24) is 9.80 Å². The lowest BCUT2D eigenvalue weighted by atomic mass is 10.1. The van der Waals surface area contributed by atoms with Gasteiger partial charge in [0.2, 0.25) is 0 Å². The van der Waals surface area contributed by atoms with E-state index in [1.54, 1.807) is 42.3 Å². The van der Waals surface area contributed by atoms with Crippen LogP contribution in [0, 0.1) is 17.1 Å². The van der Waals surface area contributed by atoms with Crippen LogP contribution in [0.5, 0.6) is 11.5 Å². The first-order chi connectivity index (χ1) is 14.1. The number of hydrogen-bond donors (Lipinski definition) is 0. The molecule has 6 nitrogen and oxygen atoms in total. The van der Waals surface area contributed by atoms with Crippen LogP contribution in [0.1, 0.15) is 28.9 Å². The molecule has 1 aliphatic rings. The molecule has 1 aliphatic heterocycles. The van der Waals surface area contributed by atoms with E-state index in [0.717, 1.165) is 5.56 Å². The number of halogens is 1. The molecule has 152 valence electrons. The average molecular weight is 397 g/mol. The molecule has 3 rings (SSSR count). The molecule has 0 spiro atoms. The van der Waals surface area contributed by atoms with Crippen molar-refractivity contribution < 1.29 is 18.7 Å². The summed E-state index contributed by atoms with van der Waals surface area (Å²) in [6.45, 7) is 4.55. The summed E-state index contributed by atoms with van der Waals surface area (Å²) in [5, 5.41) is 9.59. The first-order valence-corrected chi connectivity index (χ1v) is 9.56. The van der Waals surface area contributed by atoms with E-state index in [2.05, 4.69) is 6.07 Å². The Labute approximate surface area is 170 Å². The second-order valence-electron chi connectivity index (χ2n) is 6.71. The minimum atomic E-state index is -0.460. The summed E-state index contributed by atoms with van der Waals surface area (Å²) >= 11 is 0. The molecule has 1 saturated heterocycles. The van der Waals surface area contributed by atoms with E-state index < -0.39 is 6.04 Å². The number of methoxy groups -OCH3 is 1. The van der Waals surface area contributed by atoms with Crippen LogP contribution in [0.15, 0.2) is 42.5 Å². The summed E-state index contributed by atoms with van der Waals surface area (Å²) in [7, 11) is 1.54. The molecule has 2 aromatic carbocycles. The number of ether oxygens (including phenoxy) is 2. The van der Waals surface area contributed by atoms with Gasteiger partial charge >= 0.3 is 0 Å². The van der Waals surface area contributed by atoms with E-state index in [-0.39, 0.29) is 11.7 Å². The van der Waals surface area contributed by atoms with Gasteiger partial charge in [-0.1, -0.05) is 12.1 Å². The second-order valence-corrected chi connectivity index (χ2v) is 6.71. The molecule has 0 aliphatic carbocycles. The summed E-state index contributed by atoms with van der Waals surface area (Å²) in [5.74, 6) is 0.720. The van der Waals surface area contributed by atoms with Gasteiger partial charge in [0.1, 0.15) is 11.9 Å². The van der Waals surface area contributed by atoms with Gasteiger partial charge in [-0.3, -0.25) is 9.69 Å². The number of amides is 1. The number of carbonyl (C=O) groups excluding carboxylic acids is 1. The van der Waals surface area contributed by atoms with Crippen molar-refractivity contribution in [1.29, 1.82) is 5.26 Å². The quantitative estimate of drug-likeness (QED) is 0.749. The molecule has 2 aromatic rings. The summed E-state index contributed by atoms with van der Waals surface area (Å²) in [6.07, 6.45) is 0. The molecular formula is C22H24FN3O3. The Bertz CT molecular complexity index is 887. The van der Waals surface area contributed by atoms with Crippen LogP contribution >= 0.6 is 0 Å². The Morgan fingerprint density at radius 3 is 2.41 bits per heavy atom. The lowest BCUT2D eigenvalue weighted by Gasteiger charge is -2.37. The van der Waals surface area contributed by atoms with E-state index in [1.807, 2.05) is 11.8 Å². The molecule has 1 fully saturated rings. The van der Waals surface area contributed by atoms with Crippen molar-refractivity contribution in [3.63, 3.8) is 0 Å². The van der Waals surface area contributed by atoms with E-state index >= 15 is 0 Å². The molecular weight excluding hydrogens is 373 g/mol. The van der Waals surface area contributed by atoms with Gasteiger partial charge in [0.05, 0.1) is 19.8 Å². The van der Waals surface area contributed by atoms with Crippen LogP contribution in [0.3, 0.4) is 0 Å². The van der Waals surface area contributed by atoms with Gasteiger partial charge in [-0.2, -0.15) is 5.26 Å². The number of nitriles is 1. The standard InChI is InChI=1S/C22H24FN3O3/c1-3-29-20-9-6-17(14-21(20)28-2)22(27)26-12-10-25(11-13-26)19(15-24)16-4-7-18(23)8-5-16/h4-9,14,19H,3,10-13H2,1-2H3. The molecule has 1 unspecified atom stereocenters. The maximum absolute atomic E-state index is 13.2. The van der Waals surface area contributed by atoms with Crippen molar-refractivity contribution in [2.24, 2.45) is 0 Å². The van der Waals surface area contributed by atoms with Crippen molar-refractivity contribution in [2.75, 3.05) is 39.9 Å². The van der Waals surface area contributed by atoms with Crippen molar-refractivity contribution in [2.45, 2.75) is 13.0 Å². The van der Waals surface area contributed by atoms with Crippen LogP contribution in [-0.2, 0) is 0 Å². The molecule has 0 bridgehead atoms. The second kappa shape index (κ2) is 9.39. The Balaban J connectivity index is 1.66. The molecule has 29 heavy (non-hydrogen) atoms. The largest absolute Gasteiger partial charge is 0.493 e. The normalized spacial score (nSPS) is 15.4. The van der Waals surface area contributed by atoms with Crippen LogP contribution in [0.4, 0.5) is 4.39 Å². The summed E-state index contributed by atoms with van der Waals surface area (Å²) in [5.41, 5.74) is 1.29. The number of piperazine rings is 1. The maximum Gasteiger partial charge on any atom is 0.254 e. The first kappa shape index (κ1) is 20.6. The number of benzene rings is 2. The van der Waals surface area contributed by atoms with Crippen LogP contribution in [0.2, 0.25) is 0 Å². The van der Waals surface area contributed by atoms with E-state index in [0.29, 0.717) is 49.8 Å². The molecule has 1 heterocycles. The monoisotopic (exact) mass is 397 g/mol. The number of nitrogens with zero attached hydrogens (tertiary/aromatic N) is 3. The zero-order valence-electron chi connectivity index (χ0n) is 16.6. The third kappa shape index (κ3) is 4.66. The highest BCUT2D eigenvalue weighted by Gasteiger charge is 2.28. The lowest BCUT2D eigenvalue weighted by molar-refractivity contribution is 0.0606. The fraction of sp³-hybridized carbons (Fsp3) is 0.364. The highest BCUT2D eigenvalue weighted by Crippen LogP contribution is 2.29. The number of rotatable bonds is 6. The van der Waals surface area contributed by atoms with Gasteiger partial charge in [0, 0.05) is 31.7 Å². The smallest absolute Gasteiger partial charge is 0.254 e. The Kier molecular flexibility index (Phi) is 6.68. The van der Waals surface area contributed by atoms with Crippen molar-refractivity contribution >= 4 is 5.91 Å². The topological polar surface area (TPSA) is 65.8 Å². The molecule has 1 amide bonds. The maximum atomic E-state index is 13.2. The first-order valence-electron chi connectivity index (χ1n) is 9.56. The fourth-order valence-corrected chi connectivity index (χ4v) is 3.45. The highest BCUT2D eigenvalue weighted by atomic mass is 19.1. The number of hydrogen-bond acceptors (Lipinski definition) is 5. The van der Waals surface area contributed by atoms with Crippen LogP contribution < -0.4 is 9.47 Å². The third-order valence-electron chi connectivity index (χ3n) is 4.99.